The van der Waals surface area contributed by atoms with E-state index in [-0.39, 0.29) is 24.3 Å². The van der Waals surface area contributed by atoms with Gasteiger partial charge in [0.25, 0.3) is 0 Å². The number of esters is 1. The first-order chi connectivity index (χ1) is 18.0. The van der Waals surface area contributed by atoms with Crippen molar-refractivity contribution >= 4 is 11.8 Å². The van der Waals surface area contributed by atoms with Crippen molar-refractivity contribution < 1.29 is 14.3 Å². The second-order valence-corrected chi connectivity index (χ2v) is 9.76. The van der Waals surface area contributed by atoms with Crippen LogP contribution in [0.15, 0.2) is 102 Å². The predicted octanol–water partition coefficient (Wildman–Crippen LogP) is 5.79. The van der Waals surface area contributed by atoms with E-state index in [2.05, 4.69) is 41.5 Å². The molecule has 1 N–H and O–H groups in total. The van der Waals surface area contributed by atoms with Crippen molar-refractivity contribution in [3.8, 4) is 0 Å². The second-order valence-electron chi connectivity index (χ2n) is 9.76. The van der Waals surface area contributed by atoms with Crippen LogP contribution in [0.1, 0.15) is 60.8 Å². The van der Waals surface area contributed by atoms with E-state index < -0.39 is 5.92 Å². The zero-order valence-corrected chi connectivity index (χ0v) is 21.4. The molecule has 0 fully saturated rings. The maximum atomic E-state index is 13.7. The van der Waals surface area contributed by atoms with Crippen LogP contribution in [0.25, 0.3) is 0 Å². The molecule has 0 saturated carbocycles. The number of allylic oxidation sites excluding steroid dienone is 3. The number of hydrogen-bond acceptors (Lipinski definition) is 5. The molecule has 2 atom stereocenters. The van der Waals surface area contributed by atoms with Crippen LogP contribution in [0.4, 0.5) is 0 Å². The number of nitrogens with zero attached hydrogens (tertiary/aromatic N) is 1. The van der Waals surface area contributed by atoms with Crippen LogP contribution in [0.2, 0.25) is 0 Å². The van der Waals surface area contributed by atoms with Crippen molar-refractivity contribution in [3.05, 3.63) is 124 Å². The summed E-state index contributed by atoms with van der Waals surface area (Å²) in [6, 6.07) is 22.3. The van der Waals surface area contributed by atoms with Gasteiger partial charge in [-0.2, -0.15) is 0 Å². The number of pyridine rings is 1. The number of carbonyl (C=O) groups excluding carboxylic acids is 2. The topological polar surface area (TPSA) is 68.3 Å². The van der Waals surface area contributed by atoms with E-state index in [0.29, 0.717) is 24.0 Å². The van der Waals surface area contributed by atoms with E-state index in [4.69, 9.17) is 4.74 Å². The summed E-state index contributed by atoms with van der Waals surface area (Å²) in [6.45, 7) is 4.31. The van der Waals surface area contributed by atoms with E-state index in [1.807, 2.05) is 49.4 Å². The van der Waals surface area contributed by atoms with Gasteiger partial charge in [-0.3, -0.25) is 9.78 Å². The van der Waals surface area contributed by atoms with E-state index in [9.17, 15) is 9.59 Å². The van der Waals surface area contributed by atoms with Crippen molar-refractivity contribution in [1.29, 1.82) is 0 Å². The Morgan fingerprint density at radius 2 is 1.68 bits per heavy atom. The molecule has 0 amide bonds. The van der Waals surface area contributed by atoms with Gasteiger partial charge in [-0.25, -0.2) is 4.79 Å². The van der Waals surface area contributed by atoms with E-state index in [1.54, 1.807) is 12.4 Å². The Morgan fingerprint density at radius 3 is 2.38 bits per heavy atom. The standard InChI is InChI=1S/C32H32N2O3/c1-3-22-9-11-24(12-10-22)26-19-27-31(28(35)20-26)30(25-13-16-33-17-14-25)29(21(2)34-27)32(36)37-18-15-23-7-5-4-6-8-23/h4-14,16-17,26,30,34H,3,15,18-20H2,1-2H3. The molecule has 188 valence electrons. The molecule has 2 aliphatic rings. The van der Waals surface area contributed by atoms with Gasteiger partial charge in [-0.05, 0) is 60.1 Å². The smallest absolute Gasteiger partial charge is 0.336 e. The molecule has 2 heterocycles. The van der Waals surface area contributed by atoms with Crippen molar-refractivity contribution in [3.63, 3.8) is 0 Å². The number of Topliss-reactive ketones (excluding diaryl/α,β-unsaturated/α-hetero) is 1. The van der Waals surface area contributed by atoms with Gasteiger partial charge >= 0.3 is 5.97 Å². The molecule has 0 radical (unpaired) electrons. The van der Waals surface area contributed by atoms with Crippen molar-refractivity contribution in [2.45, 2.75) is 51.4 Å². The molecule has 5 rings (SSSR count). The first kappa shape index (κ1) is 24.7. The highest BCUT2D eigenvalue weighted by Crippen LogP contribution is 2.45. The lowest BCUT2D eigenvalue weighted by Gasteiger charge is -2.36. The first-order valence-corrected chi connectivity index (χ1v) is 13.0. The number of aryl methyl sites for hydroxylation is 1. The molecule has 0 saturated heterocycles. The number of rotatable bonds is 7. The lowest BCUT2D eigenvalue weighted by Crippen LogP contribution is -2.36. The summed E-state index contributed by atoms with van der Waals surface area (Å²) in [5.74, 6) is -0.684. The van der Waals surface area contributed by atoms with Crippen LogP contribution in [0, 0.1) is 0 Å². The Labute approximate surface area is 218 Å². The SMILES string of the molecule is CCc1ccc(C2CC(=O)C3=C(C2)NC(C)=C(C(=O)OCCc2ccccc2)C3c2ccncc2)cc1. The third-order valence-electron chi connectivity index (χ3n) is 7.41. The summed E-state index contributed by atoms with van der Waals surface area (Å²) in [5.41, 5.74) is 7.25. The molecule has 1 aliphatic carbocycles. The molecule has 2 unspecified atom stereocenters. The maximum Gasteiger partial charge on any atom is 0.336 e. The Balaban J connectivity index is 1.43. The summed E-state index contributed by atoms with van der Waals surface area (Å²) in [4.78, 5) is 31.3. The van der Waals surface area contributed by atoms with E-state index in [1.165, 1.54) is 11.1 Å². The summed E-state index contributed by atoms with van der Waals surface area (Å²) in [7, 11) is 0. The number of benzene rings is 2. The molecule has 1 aliphatic heterocycles. The number of carbonyl (C=O) groups is 2. The number of ketones is 1. The molecule has 1 aromatic heterocycles. The molecular weight excluding hydrogens is 460 g/mol. The van der Waals surface area contributed by atoms with E-state index in [0.717, 1.165) is 35.4 Å². The third kappa shape index (κ3) is 5.26. The highest BCUT2D eigenvalue weighted by molar-refractivity contribution is 6.04. The Bertz CT molecular complexity index is 1340. The minimum atomic E-state index is -0.473. The summed E-state index contributed by atoms with van der Waals surface area (Å²) < 4.78 is 5.75. The monoisotopic (exact) mass is 492 g/mol. The number of nitrogens with one attached hydrogen (secondary N) is 1. The van der Waals surface area contributed by atoms with Gasteiger partial charge in [-0.1, -0.05) is 61.5 Å². The van der Waals surface area contributed by atoms with Crippen LogP contribution in [0.5, 0.6) is 0 Å². The van der Waals surface area contributed by atoms with Crippen LogP contribution in [0.3, 0.4) is 0 Å². The zero-order chi connectivity index (χ0) is 25.8. The highest BCUT2D eigenvalue weighted by Gasteiger charge is 2.41. The quantitative estimate of drug-likeness (QED) is 0.423. The van der Waals surface area contributed by atoms with Gasteiger partial charge in [0.05, 0.1) is 12.2 Å². The Kier molecular flexibility index (Phi) is 7.31. The fourth-order valence-corrected chi connectivity index (χ4v) is 5.44. The molecule has 5 nitrogen and oxygen atoms in total. The number of dihydropyridines is 1. The minimum Gasteiger partial charge on any atom is -0.462 e. The highest BCUT2D eigenvalue weighted by atomic mass is 16.5. The van der Waals surface area contributed by atoms with Gasteiger partial charge in [0, 0.05) is 48.1 Å². The molecule has 2 aromatic carbocycles. The van der Waals surface area contributed by atoms with Crippen molar-refractivity contribution in [2.24, 2.45) is 0 Å². The lowest BCUT2D eigenvalue weighted by atomic mass is 9.72. The largest absolute Gasteiger partial charge is 0.462 e. The first-order valence-electron chi connectivity index (χ1n) is 13.0. The number of aromatic nitrogens is 1. The van der Waals surface area contributed by atoms with Gasteiger partial charge in [0.15, 0.2) is 5.78 Å². The minimum absolute atomic E-state index is 0.0715. The predicted molar refractivity (Wildman–Crippen MR) is 144 cm³/mol. The zero-order valence-electron chi connectivity index (χ0n) is 21.4. The third-order valence-corrected chi connectivity index (χ3v) is 7.41. The lowest BCUT2D eigenvalue weighted by molar-refractivity contribution is -0.139. The second kappa shape index (κ2) is 11.0. The summed E-state index contributed by atoms with van der Waals surface area (Å²) in [5, 5.41) is 3.43. The fraction of sp³-hybridized carbons (Fsp3) is 0.281. The van der Waals surface area contributed by atoms with Gasteiger partial charge < -0.3 is 10.1 Å². The van der Waals surface area contributed by atoms with Gasteiger partial charge in [0.2, 0.25) is 0 Å². The molecule has 5 heteroatoms. The average Bonchev–Trinajstić information content (AvgIpc) is 2.93. The average molecular weight is 493 g/mol. The van der Waals surface area contributed by atoms with E-state index >= 15 is 0 Å². The number of hydrogen-bond donors (Lipinski definition) is 1. The molecule has 3 aromatic rings. The van der Waals surface area contributed by atoms with Gasteiger partial charge in [0.1, 0.15) is 0 Å². The number of ether oxygens (including phenoxy) is 1. The van der Waals surface area contributed by atoms with Crippen LogP contribution in [-0.4, -0.2) is 23.3 Å². The Hall–Kier alpha value is -3.99. The van der Waals surface area contributed by atoms with Crippen molar-refractivity contribution in [2.75, 3.05) is 6.61 Å². The van der Waals surface area contributed by atoms with Gasteiger partial charge in [-0.15, -0.1) is 0 Å². The summed E-state index contributed by atoms with van der Waals surface area (Å²) in [6.07, 6.45) is 6.18. The van der Waals surface area contributed by atoms with Crippen LogP contribution < -0.4 is 5.32 Å². The van der Waals surface area contributed by atoms with Crippen LogP contribution >= 0.6 is 0 Å². The fourth-order valence-electron chi connectivity index (χ4n) is 5.44. The molecule has 37 heavy (non-hydrogen) atoms. The van der Waals surface area contributed by atoms with Crippen LogP contribution in [-0.2, 0) is 27.2 Å². The molecular formula is C32H32N2O3. The Morgan fingerprint density at radius 1 is 0.946 bits per heavy atom. The molecule has 0 spiro atoms. The summed E-state index contributed by atoms with van der Waals surface area (Å²) >= 11 is 0. The normalized spacial score (nSPS) is 19.4. The maximum absolute atomic E-state index is 13.7. The molecule has 0 bridgehead atoms. The van der Waals surface area contributed by atoms with Crippen molar-refractivity contribution in [1.82, 2.24) is 10.3 Å².